The van der Waals surface area contributed by atoms with Crippen LogP contribution >= 0.6 is 0 Å². The number of fused-ring (bicyclic) bond motifs is 2. The molecule has 2 amide bonds. The van der Waals surface area contributed by atoms with Crippen LogP contribution in [0.1, 0.15) is 34.1 Å². The number of nitrogens with one attached hydrogen (secondary N) is 1. The summed E-state index contributed by atoms with van der Waals surface area (Å²) in [5.41, 5.74) is 2.92. The molecule has 0 unspecified atom stereocenters. The molecule has 26 heavy (non-hydrogen) atoms. The van der Waals surface area contributed by atoms with Crippen LogP contribution in [0.3, 0.4) is 0 Å². The van der Waals surface area contributed by atoms with E-state index in [1.54, 1.807) is 0 Å². The van der Waals surface area contributed by atoms with E-state index in [1.165, 1.54) is 22.3 Å². The number of hydrogen-bond donors (Lipinski definition) is 1. The monoisotopic (exact) mass is 341 g/mol. The van der Waals surface area contributed by atoms with Gasteiger partial charge in [0.25, 0.3) is 0 Å². The molecule has 2 aromatic carbocycles. The third kappa shape index (κ3) is 1.01. The van der Waals surface area contributed by atoms with Gasteiger partial charge < -0.3 is 4.74 Å². The van der Waals surface area contributed by atoms with E-state index >= 15 is 0 Å². The molecule has 3 heterocycles. The summed E-state index contributed by atoms with van der Waals surface area (Å²) >= 11 is 0. The Morgan fingerprint density at radius 3 is 1.46 bits per heavy atom. The zero-order chi connectivity index (χ0) is 17.3. The van der Waals surface area contributed by atoms with Gasteiger partial charge in [0.1, 0.15) is 10.8 Å². The summed E-state index contributed by atoms with van der Waals surface area (Å²) in [6, 6.07) is 16.6. The number of carbonyl (C=O) groups excluding carboxylic acids is 2. The fraction of sp³-hybridized carbons (Fsp3) is 0.273. The van der Waals surface area contributed by atoms with Crippen molar-refractivity contribution >= 4 is 11.8 Å². The van der Waals surface area contributed by atoms with Crippen molar-refractivity contribution in [2.75, 3.05) is 0 Å². The quantitative estimate of drug-likeness (QED) is 0.591. The third-order valence-electron chi connectivity index (χ3n) is 7.46. The lowest BCUT2D eigenvalue weighted by molar-refractivity contribution is -0.138. The first-order valence-electron chi connectivity index (χ1n) is 9.09. The van der Waals surface area contributed by atoms with Gasteiger partial charge >= 0.3 is 0 Å². The van der Waals surface area contributed by atoms with Crippen molar-refractivity contribution in [2.45, 2.75) is 24.0 Å². The molecule has 6 aliphatic rings. The van der Waals surface area contributed by atoms with Crippen molar-refractivity contribution in [1.29, 1.82) is 0 Å². The largest absolute Gasteiger partial charge is 0.364 e. The van der Waals surface area contributed by atoms with Crippen LogP contribution in [0.2, 0.25) is 0 Å². The molecule has 1 N–H and O–H groups in total. The maximum atomic E-state index is 13.4. The number of rotatable bonds is 0. The predicted octanol–water partition coefficient (Wildman–Crippen LogP) is 2.24. The van der Waals surface area contributed by atoms with E-state index in [1.807, 2.05) is 36.4 Å². The Morgan fingerprint density at radius 2 is 1.08 bits per heavy atom. The molecule has 3 aliphatic heterocycles. The van der Waals surface area contributed by atoms with Crippen LogP contribution in [0.15, 0.2) is 60.7 Å². The van der Waals surface area contributed by atoms with Gasteiger partial charge in [-0.25, -0.2) is 0 Å². The summed E-state index contributed by atoms with van der Waals surface area (Å²) in [6.07, 6.45) is 3.28. The lowest BCUT2D eigenvalue weighted by Gasteiger charge is -2.58. The first-order valence-corrected chi connectivity index (χ1v) is 9.09. The summed E-state index contributed by atoms with van der Waals surface area (Å²) in [4.78, 5) is 26.7. The second kappa shape index (κ2) is 3.84. The number of benzene rings is 2. The van der Waals surface area contributed by atoms with Crippen molar-refractivity contribution < 1.29 is 14.3 Å². The lowest BCUT2D eigenvalue weighted by atomic mass is 9.38. The highest BCUT2D eigenvalue weighted by atomic mass is 16.5. The molecule has 0 radical (unpaired) electrons. The predicted molar refractivity (Wildman–Crippen MR) is 92.4 cm³/mol. The maximum absolute atomic E-state index is 13.4. The van der Waals surface area contributed by atoms with Crippen molar-refractivity contribution in [1.82, 2.24) is 5.32 Å². The van der Waals surface area contributed by atoms with Crippen LogP contribution in [0, 0.1) is 10.8 Å². The Hall–Kier alpha value is -2.72. The summed E-state index contributed by atoms with van der Waals surface area (Å²) < 4.78 is 6.26. The molecule has 8 rings (SSSR count). The second-order valence-electron chi connectivity index (χ2n) is 8.01. The van der Waals surface area contributed by atoms with Gasteiger partial charge in [0.15, 0.2) is 0 Å². The van der Waals surface area contributed by atoms with Crippen LogP contribution in [-0.4, -0.2) is 24.0 Å². The molecule has 4 bridgehead atoms. The highest BCUT2D eigenvalue weighted by Crippen LogP contribution is 2.78. The van der Waals surface area contributed by atoms with Gasteiger partial charge in [-0.3, -0.25) is 14.9 Å². The van der Waals surface area contributed by atoms with Gasteiger partial charge in [0, 0.05) is 11.8 Å². The van der Waals surface area contributed by atoms with Gasteiger partial charge in [-0.15, -0.1) is 0 Å². The summed E-state index contributed by atoms with van der Waals surface area (Å²) in [5.74, 6) is -0.658. The zero-order valence-electron chi connectivity index (χ0n) is 13.8. The molecular weight excluding hydrogens is 326 g/mol. The van der Waals surface area contributed by atoms with Crippen LogP contribution in [-0.2, 0) is 14.3 Å². The molecule has 0 saturated carbocycles. The first kappa shape index (κ1) is 13.5. The number of imide groups is 1. The normalized spacial score (nSPS) is 42.3. The van der Waals surface area contributed by atoms with Crippen molar-refractivity contribution in [2.24, 2.45) is 10.8 Å². The van der Waals surface area contributed by atoms with E-state index in [4.69, 9.17) is 4.74 Å². The highest BCUT2D eigenvalue weighted by molar-refractivity contribution is 6.14. The smallest absolute Gasteiger partial charge is 0.237 e. The van der Waals surface area contributed by atoms with Crippen LogP contribution < -0.4 is 5.32 Å². The molecule has 4 heteroatoms. The Labute approximate surface area is 149 Å². The summed E-state index contributed by atoms with van der Waals surface area (Å²) in [6.45, 7) is 0. The number of carbonyl (C=O) groups is 2. The lowest BCUT2D eigenvalue weighted by Crippen LogP contribution is -2.62. The average molecular weight is 341 g/mol. The molecule has 2 aromatic rings. The van der Waals surface area contributed by atoms with Gasteiger partial charge in [-0.05, 0) is 22.3 Å². The minimum atomic E-state index is -0.878. The minimum Gasteiger partial charge on any atom is -0.364 e. The van der Waals surface area contributed by atoms with E-state index in [2.05, 4.69) is 29.6 Å². The third-order valence-corrected chi connectivity index (χ3v) is 7.46. The number of ether oxygens (including phenoxy) is 1. The van der Waals surface area contributed by atoms with Gasteiger partial charge in [0.05, 0.1) is 12.2 Å². The molecule has 0 aromatic heterocycles. The molecule has 0 spiro atoms. The SMILES string of the molecule is O=C1NC(=O)[C@]23C4c5ccccc5C(c5ccccc54)[C@]12[C@@H]1C=C[C@H]3O1. The summed E-state index contributed by atoms with van der Waals surface area (Å²) in [5, 5.41) is 2.72. The topological polar surface area (TPSA) is 55.4 Å². The fourth-order valence-corrected chi connectivity index (χ4v) is 6.84. The van der Waals surface area contributed by atoms with Gasteiger partial charge in [-0.1, -0.05) is 60.7 Å². The Balaban J connectivity index is 1.72. The number of amides is 2. The van der Waals surface area contributed by atoms with Gasteiger partial charge in [-0.2, -0.15) is 0 Å². The average Bonchev–Trinajstić information content (AvgIpc) is 3.34. The first-order chi connectivity index (χ1) is 12.7. The van der Waals surface area contributed by atoms with E-state index in [-0.39, 0.29) is 35.9 Å². The van der Waals surface area contributed by atoms with Crippen LogP contribution in [0.25, 0.3) is 0 Å². The second-order valence-corrected chi connectivity index (χ2v) is 8.01. The van der Waals surface area contributed by atoms with Gasteiger partial charge in [0.2, 0.25) is 11.8 Å². The molecule has 3 aliphatic carbocycles. The highest BCUT2D eigenvalue weighted by Gasteiger charge is 2.86. The molecular formula is C22H15NO3. The zero-order valence-corrected chi connectivity index (χ0v) is 13.8. The standard InChI is InChI=1S/C22H15NO3/c24-19-21-15-9-10-16(26-15)22(21,20(25)23-19)18-12-6-2-1-5-11(12)17(21)13-7-3-4-8-14(13)18/h1-10,15-18H,(H,23,24,25)/t15-,16+,17?,18?,21+,22-. The molecule has 4 atom stereocenters. The Morgan fingerprint density at radius 1 is 0.692 bits per heavy atom. The van der Waals surface area contributed by atoms with E-state index in [0.717, 1.165) is 0 Å². The van der Waals surface area contributed by atoms with Crippen molar-refractivity contribution in [3.63, 3.8) is 0 Å². The van der Waals surface area contributed by atoms with Crippen molar-refractivity contribution in [3.05, 3.63) is 82.9 Å². The maximum Gasteiger partial charge on any atom is 0.237 e. The number of hydrogen-bond acceptors (Lipinski definition) is 3. The van der Waals surface area contributed by atoms with Crippen LogP contribution in [0.4, 0.5) is 0 Å². The van der Waals surface area contributed by atoms with Crippen molar-refractivity contribution in [3.8, 4) is 0 Å². The Bertz CT molecular complexity index is 959. The van der Waals surface area contributed by atoms with E-state index in [9.17, 15) is 9.59 Å². The molecule has 126 valence electrons. The summed E-state index contributed by atoms with van der Waals surface area (Å²) in [7, 11) is 0. The minimum absolute atomic E-state index is 0.161. The van der Waals surface area contributed by atoms with Crippen LogP contribution in [0.5, 0.6) is 0 Å². The van der Waals surface area contributed by atoms with E-state index < -0.39 is 10.8 Å². The molecule has 2 fully saturated rings. The Kier molecular flexibility index (Phi) is 1.99. The molecule has 4 nitrogen and oxygen atoms in total. The fourth-order valence-electron chi connectivity index (χ4n) is 6.84. The molecule has 2 saturated heterocycles. The van der Waals surface area contributed by atoms with E-state index in [0.29, 0.717) is 0 Å².